The maximum absolute atomic E-state index is 13.1. The summed E-state index contributed by atoms with van der Waals surface area (Å²) in [5.74, 6) is 1.04. The summed E-state index contributed by atoms with van der Waals surface area (Å²) >= 11 is 13.4. The van der Waals surface area contributed by atoms with Crippen molar-refractivity contribution in [3.05, 3.63) is 91.1 Å². The highest BCUT2D eigenvalue weighted by atomic mass is 35.5. The number of thiazole rings is 1. The van der Waals surface area contributed by atoms with Gasteiger partial charge in [0.1, 0.15) is 21.9 Å². The van der Waals surface area contributed by atoms with Crippen LogP contribution in [0.15, 0.2) is 63.8 Å². The van der Waals surface area contributed by atoms with Gasteiger partial charge in [-0.1, -0.05) is 34.5 Å². The molecular weight excluding hydrogens is 448 g/mol. The van der Waals surface area contributed by atoms with Crippen molar-refractivity contribution in [2.24, 2.45) is 0 Å². The van der Waals surface area contributed by atoms with Gasteiger partial charge in [0.2, 0.25) is 4.96 Å². The monoisotopic (exact) mass is 457 g/mol. The van der Waals surface area contributed by atoms with E-state index in [1.807, 2.05) is 0 Å². The molecule has 0 spiro atoms. The van der Waals surface area contributed by atoms with Crippen LogP contribution in [0.1, 0.15) is 5.76 Å². The molecule has 9 heteroatoms. The Morgan fingerprint density at radius 1 is 1.07 bits per heavy atom. The third-order valence-electron chi connectivity index (χ3n) is 4.38. The summed E-state index contributed by atoms with van der Waals surface area (Å²) in [6.45, 7) is 0. The predicted molar refractivity (Wildman–Crippen MR) is 115 cm³/mol. The number of nitrogens with zero attached hydrogens (tertiary/aromatic N) is 3. The number of hydrogen-bond donors (Lipinski definition) is 0. The topological polar surface area (TPSA) is 60.4 Å². The Balaban J connectivity index is 1.52. The molecule has 0 atom stereocenters. The lowest BCUT2D eigenvalue weighted by atomic mass is 10.2. The Morgan fingerprint density at radius 3 is 2.63 bits per heavy atom. The molecule has 0 saturated carbocycles. The van der Waals surface area contributed by atoms with E-state index in [0.29, 0.717) is 48.0 Å². The van der Waals surface area contributed by atoms with Gasteiger partial charge < -0.3 is 4.42 Å². The number of furan rings is 1. The van der Waals surface area contributed by atoms with Gasteiger partial charge in [-0.3, -0.25) is 4.79 Å². The van der Waals surface area contributed by atoms with Gasteiger partial charge in [-0.2, -0.15) is 9.50 Å². The van der Waals surface area contributed by atoms with Crippen LogP contribution in [0.5, 0.6) is 0 Å². The van der Waals surface area contributed by atoms with Crippen molar-refractivity contribution in [1.82, 2.24) is 14.6 Å². The molecule has 0 radical (unpaired) electrons. The van der Waals surface area contributed by atoms with E-state index in [4.69, 9.17) is 27.6 Å². The largest absolute Gasteiger partial charge is 0.457 e. The molecule has 0 aliphatic rings. The van der Waals surface area contributed by atoms with Gasteiger partial charge in [-0.25, -0.2) is 4.39 Å². The second-order valence-electron chi connectivity index (χ2n) is 6.38. The SMILES string of the molecule is O=c1/c(=C/c2ccc(-c3cc(Cl)ccc3Cl)o2)sc2nc(-c3ccc(F)cc3)nn12. The van der Waals surface area contributed by atoms with Gasteiger partial charge >= 0.3 is 0 Å². The van der Waals surface area contributed by atoms with Crippen LogP contribution >= 0.6 is 34.5 Å². The van der Waals surface area contributed by atoms with Crippen LogP contribution in [0.3, 0.4) is 0 Å². The molecule has 0 unspecified atom stereocenters. The van der Waals surface area contributed by atoms with E-state index in [1.54, 1.807) is 48.5 Å². The van der Waals surface area contributed by atoms with Crippen LogP contribution < -0.4 is 10.1 Å². The fourth-order valence-corrected chi connectivity index (χ4v) is 4.22. The molecule has 0 amide bonds. The van der Waals surface area contributed by atoms with Gasteiger partial charge in [0.25, 0.3) is 5.56 Å². The van der Waals surface area contributed by atoms with Crippen LogP contribution in [0.4, 0.5) is 4.39 Å². The molecule has 5 aromatic rings. The molecule has 0 bridgehead atoms. The molecule has 5 nitrogen and oxygen atoms in total. The standard InChI is InChI=1S/C21H10Cl2FN3O2S/c22-12-3-7-16(23)15(9-12)17-8-6-14(29-17)10-18-20(28)27-21(30-18)25-19(26-27)11-1-4-13(24)5-2-11/h1-10H/b18-10-. The Morgan fingerprint density at radius 2 is 1.87 bits per heavy atom. The third-order valence-corrected chi connectivity index (χ3v) is 5.90. The van der Waals surface area contributed by atoms with Gasteiger partial charge in [0.05, 0.1) is 5.02 Å². The van der Waals surface area contributed by atoms with Crippen molar-refractivity contribution in [3.63, 3.8) is 0 Å². The highest BCUT2D eigenvalue weighted by molar-refractivity contribution is 7.15. The molecule has 0 aliphatic heterocycles. The van der Waals surface area contributed by atoms with Crippen LogP contribution in [-0.4, -0.2) is 14.6 Å². The molecule has 148 valence electrons. The average Bonchev–Trinajstić information content (AvgIpc) is 3.42. The summed E-state index contributed by atoms with van der Waals surface area (Å²) in [6.07, 6.45) is 1.63. The normalized spacial score (nSPS) is 12.2. The summed E-state index contributed by atoms with van der Waals surface area (Å²) in [6, 6.07) is 14.4. The number of aromatic nitrogens is 3. The zero-order valence-electron chi connectivity index (χ0n) is 15.0. The number of halogens is 3. The Labute approximate surface area is 182 Å². The van der Waals surface area contributed by atoms with Gasteiger partial charge in [-0.05, 0) is 54.6 Å². The smallest absolute Gasteiger partial charge is 0.291 e. The molecule has 0 fully saturated rings. The van der Waals surface area contributed by atoms with E-state index in [0.717, 1.165) is 0 Å². The van der Waals surface area contributed by atoms with E-state index in [1.165, 1.54) is 28.0 Å². The highest BCUT2D eigenvalue weighted by Crippen LogP contribution is 2.32. The molecule has 0 N–H and O–H groups in total. The summed E-state index contributed by atoms with van der Waals surface area (Å²) in [5, 5.41) is 5.30. The zero-order chi connectivity index (χ0) is 20.8. The summed E-state index contributed by atoms with van der Waals surface area (Å²) in [7, 11) is 0. The fourth-order valence-electron chi connectivity index (χ4n) is 2.95. The van der Waals surface area contributed by atoms with Gasteiger partial charge in [-0.15, -0.1) is 5.10 Å². The predicted octanol–water partition coefficient (Wildman–Crippen LogP) is 5.07. The molecule has 5 rings (SSSR count). The van der Waals surface area contributed by atoms with Crippen molar-refractivity contribution >= 4 is 45.6 Å². The summed E-state index contributed by atoms with van der Waals surface area (Å²) in [5.41, 5.74) is 0.985. The number of hydrogen-bond acceptors (Lipinski definition) is 5. The lowest BCUT2D eigenvalue weighted by Gasteiger charge is -2.00. The van der Waals surface area contributed by atoms with Crippen molar-refractivity contribution in [3.8, 4) is 22.7 Å². The van der Waals surface area contributed by atoms with Crippen LogP contribution in [-0.2, 0) is 0 Å². The minimum absolute atomic E-state index is 0.311. The van der Waals surface area contributed by atoms with E-state index in [-0.39, 0.29) is 11.4 Å². The van der Waals surface area contributed by atoms with Gasteiger partial charge in [0, 0.05) is 22.2 Å². The lowest BCUT2D eigenvalue weighted by molar-refractivity contribution is 0.571. The Bertz CT molecular complexity index is 1510. The lowest BCUT2D eigenvalue weighted by Crippen LogP contribution is -2.23. The zero-order valence-corrected chi connectivity index (χ0v) is 17.3. The summed E-state index contributed by atoms with van der Waals surface area (Å²) < 4.78 is 20.6. The number of rotatable bonds is 3. The second-order valence-corrected chi connectivity index (χ2v) is 8.23. The van der Waals surface area contributed by atoms with E-state index in [9.17, 15) is 9.18 Å². The van der Waals surface area contributed by atoms with Crippen LogP contribution in [0, 0.1) is 5.82 Å². The van der Waals surface area contributed by atoms with Gasteiger partial charge in [0.15, 0.2) is 5.82 Å². The number of benzene rings is 2. The maximum atomic E-state index is 13.1. The van der Waals surface area contributed by atoms with Crippen molar-refractivity contribution in [2.75, 3.05) is 0 Å². The molecule has 0 saturated heterocycles. The van der Waals surface area contributed by atoms with E-state index < -0.39 is 0 Å². The Kier molecular flexibility index (Phi) is 4.66. The minimum Gasteiger partial charge on any atom is -0.457 e. The first-order chi connectivity index (χ1) is 14.5. The maximum Gasteiger partial charge on any atom is 0.291 e. The van der Waals surface area contributed by atoms with Crippen LogP contribution in [0.2, 0.25) is 10.0 Å². The first-order valence-corrected chi connectivity index (χ1v) is 10.3. The summed E-state index contributed by atoms with van der Waals surface area (Å²) in [4.78, 5) is 17.5. The average molecular weight is 458 g/mol. The molecule has 30 heavy (non-hydrogen) atoms. The highest BCUT2D eigenvalue weighted by Gasteiger charge is 2.13. The second kappa shape index (κ2) is 7.36. The van der Waals surface area contributed by atoms with E-state index >= 15 is 0 Å². The number of fused-ring (bicyclic) bond motifs is 1. The van der Waals surface area contributed by atoms with E-state index in [2.05, 4.69) is 10.1 Å². The molecule has 3 aromatic heterocycles. The molecule has 0 aliphatic carbocycles. The third kappa shape index (κ3) is 3.41. The van der Waals surface area contributed by atoms with Crippen molar-refractivity contribution in [2.45, 2.75) is 0 Å². The molecule has 2 aromatic carbocycles. The molecular formula is C21H10Cl2FN3O2S. The quantitative estimate of drug-likeness (QED) is 0.379. The minimum atomic E-state index is -0.349. The fraction of sp³-hybridized carbons (Fsp3) is 0. The van der Waals surface area contributed by atoms with Crippen molar-refractivity contribution < 1.29 is 8.81 Å². The van der Waals surface area contributed by atoms with Crippen LogP contribution in [0.25, 0.3) is 33.7 Å². The molecule has 3 heterocycles. The Hall–Kier alpha value is -3.00. The first kappa shape index (κ1) is 19.0. The first-order valence-electron chi connectivity index (χ1n) is 8.70. The van der Waals surface area contributed by atoms with Crippen molar-refractivity contribution in [1.29, 1.82) is 0 Å².